The number of carbonyl (C=O) groups excluding carboxylic acids is 1. The second-order valence-electron chi connectivity index (χ2n) is 4.54. The highest BCUT2D eigenvalue weighted by Crippen LogP contribution is 2.11. The summed E-state index contributed by atoms with van der Waals surface area (Å²) in [6, 6.07) is 4.35. The minimum Gasteiger partial charge on any atom is -0.341 e. The minimum atomic E-state index is -0.381. The van der Waals surface area contributed by atoms with Gasteiger partial charge in [-0.1, -0.05) is 6.92 Å². The number of aryl methyl sites for hydroxylation is 1. The summed E-state index contributed by atoms with van der Waals surface area (Å²) >= 11 is 0. The van der Waals surface area contributed by atoms with Crippen molar-refractivity contribution in [2.24, 2.45) is 11.7 Å². The van der Waals surface area contributed by atoms with Gasteiger partial charge in [0.2, 0.25) is 0 Å². The molecule has 0 heterocycles. The standard InChI is InChI=1S/C13H19FN2O/c1-9-4-11(6-12(14)5-9)13(17)16(3)8-10(2)7-15/h4-6,10H,7-8,15H2,1-3H3. The zero-order valence-electron chi connectivity index (χ0n) is 10.5. The Hall–Kier alpha value is -1.42. The Morgan fingerprint density at radius 2 is 2.12 bits per heavy atom. The monoisotopic (exact) mass is 238 g/mol. The third-order valence-corrected chi connectivity index (χ3v) is 2.62. The van der Waals surface area contributed by atoms with E-state index in [0.29, 0.717) is 18.7 Å². The van der Waals surface area contributed by atoms with E-state index in [4.69, 9.17) is 5.73 Å². The maximum absolute atomic E-state index is 13.2. The van der Waals surface area contributed by atoms with E-state index in [-0.39, 0.29) is 17.6 Å². The molecule has 17 heavy (non-hydrogen) atoms. The zero-order valence-corrected chi connectivity index (χ0v) is 10.5. The smallest absolute Gasteiger partial charge is 0.253 e. The molecule has 1 aromatic carbocycles. The predicted molar refractivity (Wildman–Crippen MR) is 66.3 cm³/mol. The van der Waals surface area contributed by atoms with Crippen LogP contribution in [0.25, 0.3) is 0 Å². The van der Waals surface area contributed by atoms with Crippen molar-refractivity contribution in [2.75, 3.05) is 20.1 Å². The van der Waals surface area contributed by atoms with E-state index in [2.05, 4.69) is 0 Å². The SMILES string of the molecule is Cc1cc(F)cc(C(=O)N(C)CC(C)CN)c1. The first-order chi connectivity index (χ1) is 7.93. The van der Waals surface area contributed by atoms with Gasteiger partial charge in [0.15, 0.2) is 0 Å². The molecule has 1 rings (SSSR count). The molecule has 0 aliphatic carbocycles. The van der Waals surface area contributed by atoms with Crippen LogP contribution in [0.15, 0.2) is 18.2 Å². The van der Waals surface area contributed by atoms with Crippen LogP contribution < -0.4 is 5.73 Å². The van der Waals surface area contributed by atoms with Crippen LogP contribution in [0.4, 0.5) is 4.39 Å². The van der Waals surface area contributed by atoms with Crippen LogP contribution in [0.1, 0.15) is 22.8 Å². The first-order valence-electron chi connectivity index (χ1n) is 5.66. The number of nitrogens with zero attached hydrogens (tertiary/aromatic N) is 1. The average molecular weight is 238 g/mol. The summed E-state index contributed by atoms with van der Waals surface area (Å²) in [6.07, 6.45) is 0. The highest BCUT2D eigenvalue weighted by molar-refractivity contribution is 5.94. The van der Waals surface area contributed by atoms with Crippen LogP contribution in [-0.2, 0) is 0 Å². The second-order valence-corrected chi connectivity index (χ2v) is 4.54. The highest BCUT2D eigenvalue weighted by Gasteiger charge is 2.14. The fraction of sp³-hybridized carbons (Fsp3) is 0.462. The molecule has 1 aromatic rings. The maximum Gasteiger partial charge on any atom is 0.253 e. The van der Waals surface area contributed by atoms with Gasteiger partial charge >= 0.3 is 0 Å². The van der Waals surface area contributed by atoms with Gasteiger partial charge in [0.1, 0.15) is 5.82 Å². The summed E-state index contributed by atoms with van der Waals surface area (Å²) in [6.45, 7) is 4.84. The van der Waals surface area contributed by atoms with Crippen molar-refractivity contribution < 1.29 is 9.18 Å². The molecule has 1 amide bonds. The molecule has 2 N–H and O–H groups in total. The minimum absolute atomic E-state index is 0.173. The molecule has 0 saturated carbocycles. The predicted octanol–water partition coefficient (Wildman–Crippen LogP) is 1.80. The molecule has 94 valence electrons. The van der Waals surface area contributed by atoms with Gasteiger partial charge in [-0.3, -0.25) is 4.79 Å². The van der Waals surface area contributed by atoms with Crippen molar-refractivity contribution in [3.05, 3.63) is 35.1 Å². The largest absolute Gasteiger partial charge is 0.341 e. The Morgan fingerprint density at radius 3 is 2.65 bits per heavy atom. The molecule has 0 spiro atoms. The van der Waals surface area contributed by atoms with E-state index < -0.39 is 0 Å². The van der Waals surface area contributed by atoms with E-state index >= 15 is 0 Å². The normalized spacial score (nSPS) is 12.3. The Balaban J connectivity index is 2.81. The number of nitrogens with two attached hydrogens (primary N) is 1. The van der Waals surface area contributed by atoms with Gasteiger partial charge in [-0.25, -0.2) is 4.39 Å². The van der Waals surface area contributed by atoms with Crippen molar-refractivity contribution in [3.8, 4) is 0 Å². The molecular weight excluding hydrogens is 219 g/mol. The van der Waals surface area contributed by atoms with Crippen molar-refractivity contribution in [2.45, 2.75) is 13.8 Å². The molecule has 0 bridgehead atoms. The van der Waals surface area contributed by atoms with Crippen LogP contribution in [0.3, 0.4) is 0 Å². The number of hydrogen-bond donors (Lipinski definition) is 1. The quantitative estimate of drug-likeness (QED) is 0.869. The molecular formula is C13H19FN2O. The first-order valence-corrected chi connectivity index (χ1v) is 5.66. The van der Waals surface area contributed by atoms with E-state index in [1.807, 2.05) is 6.92 Å². The van der Waals surface area contributed by atoms with E-state index in [1.165, 1.54) is 12.1 Å². The molecule has 0 aliphatic heterocycles. The Kier molecular flexibility index (Phi) is 4.63. The molecule has 0 aromatic heterocycles. The number of rotatable bonds is 4. The van der Waals surface area contributed by atoms with Gasteiger partial charge in [0.05, 0.1) is 0 Å². The number of amides is 1. The zero-order chi connectivity index (χ0) is 13.0. The third-order valence-electron chi connectivity index (χ3n) is 2.62. The molecule has 3 nitrogen and oxygen atoms in total. The van der Waals surface area contributed by atoms with Crippen molar-refractivity contribution in [3.63, 3.8) is 0 Å². The van der Waals surface area contributed by atoms with E-state index in [1.54, 1.807) is 24.9 Å². The number of hydrogen-bond acceptors (Lipinski definition) is 2. The molecule has 4 heteroatoms. The van der Waals surface area contributed by atoms with Gasteiger partial charge in [0, 0.05) is 19.2 Å². The first kappa shape index (κ1) is 13.6. The fourth-order valence-corrected chi connectivity index (χ4v) is 1.71. The topological polar surface area (TPSA) is 46.3 Å². The molecule has 0 aliphatic rings. The Morgan fingerprint density at radius 1 is 1.47 bits per heavy atom. The average Bonchev–Trinajstić information content (AvgIpc) is 2.26. The van der Waals surface area contributed by atoms with Crippen LogP contribution >= 0.6 is 0 Å². The van der Waals surface area contributed by atoms with E-state index in [9.17, 15) is 9.18 Å². The van der Waals surface area contributed by atoms with Gasteiger partial charge in [0.25, 0.3) is 5.91 Å². The summed E-state index contributed by atoms with van der Waals surface area (Å²) in [5.74, 6) is -0.319. The molecule has 1 unspecified atom stereocenters. The Labute approximate surface area is 101 Å². The summed E-state index contributed by atoms with van der Waals surface area (Å²) in [7, 11) is 1.70. The van der Waals surface area contributed by atoms with Crippen molar-refractivity contribution in [1.29, 1.82) is 0 Å². The summed E-state index contributed by atoms with van der Waals surface area (Å²) < 4.78 is 13.2. The maximum atomic E-state index is 13.2. The van der Waals surface area contributed by atoms with E-state index in [0.717, 1.165) is 5.56 Å². The van der Waals surface area contributed by atoms with Gasteiger partial charge in [-0.05, 0) is 43.1 Å². The number of halogens is 1. The Bertz CT molecular complexity index is 386. The third kappa shape index (κ3) is 3.82. The lowest BCUT2D eigenvalue weighted by molar-refractivity contribution is 0.0777. The van der Waals surface area contributed by atoms with Gasteiger partial charge in [-0.2, -0.15) is 0 Å². The van der Waals surface area contributed by atoms with Crippen LogP contribution in [0.5, 0.6) is 0 Å². The van der Waals surface area contributed by atoms with Crippen LogP contribution in [0, 0.1) is 18.7 Å². The lowest BCUT2D eigenvalue weighted by Gasteiger charge is -2.21. The molecule has 0 fully saturated rings. The van der Waals surface area contributed by atoms with Crippen molar-refractivity contribution in [1.82, 2.24) is 4.90 Å². The highest BCUT2D eigenvalue weighted by atomic mass is 19.1. The molecule has 0 radical (unpaired) electrons. The second kappa shape index (κ2) is 5.77. The van der Waals surface area contributed by atoms with Crippen molar-refractivity contribution >= 4 is 5.91 Å². The fourth-order valence-electron chi connectivity index (χ4n) is 1.71. The lowest BCUT2D eigenvalue weighted by atomic mass is 10.1. The van der Waals surface area contributed by atoms with Gasteiger partial charge < -0.3 is 10.6 Å². The molecule has 0 saturated heterocycles. The van der Waals surface area contributed by atoms with Crippen LogP contribution in [-0.4, -0.2) is 30.9 Å². The summed E-state index contributed by atoms with van der Waals surface area (Å²) in [5.41, 5.74) is 6.64. The number of benzene rings is 1. The summed E-state index contributed by atoms with van der Waals surface area (Å²) in [5, 5.41) is 0. The summed E-state index contributed by atoms with van der Waals surface area (Å²) in [4.78, 5) is 13.6. The lowest BCUT2D eigenvalue weighted by Crippen LogP contribution is -2.33. The van der Waals surface area contributed by atoms with Crippen LogP contribution in [0.2, 0.25) is 0 Å². The molecule has 1 atom stereocenters. The number of carbonyl (C=O) groups is 1. The van der Waals surface area contributed by atoms with Gasteiger partial charge in [-0.15, -0.1) is 0 Å².